The highest BCUT2D eigenvalue weighted by Gasteiger charge is 2.20. The van der Waals surface area contributed by atoms with Gasteiger partial charge in [-0.1, -0.05) is 194 Å². The quantitative estimate of drug-likeness (QED) is 0.171. The van der Waals surface area contributed by atoms with E-state index in [2.05, 4.69) is 194 Å². The van der Waals surface area contributed by atoms with Gasteiger partial charge >= 0.3 is 0 Å². The van der Waals surface area contributed by atoms with E-state index < -0.39 is 0 Å². The smallest absolute Gasteiger partial charge is 0.00201 e. The van der Waals surface area contributed by atoms with Crippen LogP contribution in [0.25, 0.3) is 88.0 Å². The first-order valence-corrected chi connectivity index (χ1v) is 16.6. The lowest BCUT2D eigenvalue weighted by molar-refractivity contribution is 1.58. The summed E-state index contributed by atoms with van der Waals surface area (Å²) < 4.78 is 0. The Morgan fingerprint density at radius 3 is 1.17 bits per heavy atom. The molecule has 9 aromatic rings. The van der Waals surface area contributed by atoms with Crippen LogP contribution in [0.3, 0.4) is 0 Å². The molecule has 0 saturated heterocycles. The fourth-order valence-corrected chi connectivity index (χ4v) is 7.53. The van der Waals surface area contributed by atoms with Crippen molar-refractivity contribution in [2.24, 2.45) is 0 Å². The van der Waals surface area contributed by atoms with E-state index >= 15 is 0 Å². The third-order valence-electron chi connectivity index (χ3n) is 9.71. The Labute approximate surface area is 281 Å². The average molecular weight is 609 g/mol. The number of hydrogen-bond acceptors (Lipinski definition) is 0. The molecule has 0 aliphatic carbocycles. The maximum atomic E-state index is 2.30. The molecule has 0 spiro atoms. The molecule has 0 unspecified atom stereocenters. The van der Waals surface area contributed by atoms with Gasteiger partial charge in [0.05, 0.1) is 0 Å². The SMILES string of the molecule is c1ccc(-c2ccc(-c3ccccc3-c3c4ccccc4c(-c4ccccc4-c4cccc5ccccc45)c4ccccc34)cc2)cc1. The van der Waals surface area contributed by atoms with Crippen LogP contribution in [0.1, 0.15) is 0 Å². The second-order valence-electron chi connectivity index (χ2n) is 12.4. The summed E-state index contributed by atoms with van der Waals surface area (Å²) in [7, 11) is 0. The van der Waals surface area contributed by atoms with Crippen molar-refractivity contribution in [1.29, 1.82) is 0 Å². The minimum Gasteiger partial charge on any atom is -0.0622 e. The van der Waals surface area contributed by atoms with Crippen LogP contribution in [0.15, 0.2) is 194 Å². The first kappa shape index (κ1) is 28.0. The highest BCUT2D eigenvalue weighted by Crippen LogP contribution is 2.48. The van der Waals surface area contributed by atoms with Crippen LogP contribution in [0.2, 0.25) is 0 Å². The van der Waals surface area contributed by atoms with Gasteiger partial charge in [0.2, 0.25) is 0 Å². The fraction of sp³-hybridized carbons (Fsp3) is 0. The standard InChI is InChI=1S/C48H32/c1-2-15-33(16-3-1)34-29-31-36(32-30-34)38-20-6-8-22-41(38)47-43-24-10-12-26-45(43)48(46-27-13-11-25-44(46)47)42-23-9-7-21-40(42)39-28-14-18-35-17-4-5-19-37(35)39/h1-32H. The molecule has 0 saturated carbocycles. The van der Waals surface area contributed by atoms with Gasteiger partial charge in [-0.3, -0.25) is 0 Å². The van der Waals surface area contributed by atoms with Crippen molar-refractivity contribution in [3.63, 3.8) is 0 Å². The van der Waals surface area contributed by atoms with E-state index in [0.29, 0.717) is 0 Å². The van der Waals surface area contributed by atoms with E-state index in [0.717, 1.165) is 0 Å². The summed E-state index contributed by atoms with van der Waals surface area (Å²) in [4.78, 5) is 0. The Hall–Kier alpha value is -6.24. The monoisotopic (exact) mass is 608 g/mol. The van der Waals surface area contributed by atoms with Crippen LogP contribution >= 0.6 is 0 Å². The van der Waals surface area contributed by atoms with Gasteiger partial charge in [0.1, 0.15) is 0 Å². The Morgan fingerprint density at radius 2 is 0.562 bits per heavy atom. The summed E-state index contributed by atoms with van der Waals surface area (Å²) in [5, 5.41) is 7.55. The van der Waals surface area contributed by atoms with Gasteiger partial charge in [0, 0.05) is 0 Å². The lowest BCUT2D eigenvalue weighted by atomic mass is 9.82. The summed E-state index contributed by atoms with van der Waals surface area (Å²) in [5.41, 5.74) is 12.4. The van der Waals surface area contributed by atoms with E-state index in [1.165, 1.54) is 88.0 Å². The van der Waals surface area contributed by atoms with Crippen LogP contribution in [0.5, 0.6) is 0 Å². The molecule has 0 radical (unpaired) electrons. The summed E-state index contributed by atoms with van der Waals surface area (Å²) >= 11 is 0. The van der Waals surface area contributed by atoms with Crippen molar-refractivity contribution < 1.29 is 0 Å². The van der Waals surface area contributed by atoms with E-state index in [4.69, 9.17) is 0 Å². The number of hydrogen-bond donors (Lipinski definition) is 0. The average Bonchev–Trinajstić information content (AvgIpc) is 3.17. The second-order valence-corrected chi connectivity index (χ2v) is 12.4. The van der Waals surface area contributed by atoms with Crippen LogP contribution < -0.4 is 0 Å². The second kappa shape index (κ2) is 11.8. The number of benzene rings is 9. The molecule has 0 nitrogen and oxygen atoms in total. The molecule has 0 N–H and O–H groups in total. The summed E-state index contributed by atoms with van der Waals surface area (Å²) in [6, 6.07) is 70.7. The first-order chi connectivity index (χ1) is 23.8. The lowest BCUT2D eigenvalue weighted by Crippen LogP contribution is -1.94. The Morgan fingerprint density at radius 1 is 0.188 bits per heavy atom. The van der Waals surface area contributed by atoms with E-state index in [9.17, 15) is 0 Å². The minimum atomic E-state index is 1.21. The predicted octanol–water partition coefficient (Wildman–Crippen LogP) is 13.5. The minimum absolute atomic E-state index is 1.21. The third kappa shape index (κ3) is 4.70. The van der Waals surface area contributed by atoms with Crippen LogP contribution in [-0.4, -0.2) is 0 Å². The van der Waals surface area contributed by atoms with Crippen molar-refractivity contribution in [2.45, 2.75) is 0 Å². The first-order valence-electron chi connectivity index (χ1n) is 16.6. The molecule has 0 aromatic heterocycles. The van der Waals surface area contributed by atoms with Gasteiger partial charge in [0.15, 0.2) is 0 Å². The van der Waals surface area contributed by atoms with Crippen LogP contribution in [0.4, 0.5) is 0 Å². The van der Waals surface area contributed by atoms with Gasteiger partial charge < -0.3 is 0 Å². The molecule has 9 aromatic carbocycles. The maximum absolute atomic E-state index is 2.30. The molecule has 0 fully saturated rings. The molecule has 224 valence electrons. The summed E-state index contributed by atoms with van der Waals surface area (Å²) in [6.07, 6.45) is 0. The maximum Gasteiger partial charge on any atom is -0.00201 e. The number of rotatable bonds is 5. The van der Waals surface area contributed by atoms with Crippen LogP contribution in [-0.2, 0) is 0 Å². The zero-order valence-corrected chi connectivity index (χ0v) is 26.5. The zero-order valence-electron chi connectivity index (χ0n) is 26.5. The van der Waals surface area contributed by atoms with Crippen molar-refractivity contribution in [1.82, 2.24) is 0 Å². The lowest BCUT2D eigenvalue weighted by Gasteiger charge is -2.21. The van der Waals surface area contributed by atoms with E-state index in [-0.39, 0.29) is 0 Å². The molecule has 0 bridgehead atoms. The summed E-state index contributed by atoms with van der Waals surface area (Å²) in [5.74, 6) is 0. The van der Waals surface area contributed by atoms with E-state index in [1.807, 2.05) is 0 Å². The molecule has 0 atom stereocenters. The molecular formula is C48H32. The van der Waals surface area contributed by atoms with Crippen molar-refractivity contribution in [3.8, 4) is 55.6 Å². The highest BCUT2D eigenvalue weighted by molar-refractivity contribution is 6.23. The van der Waals surface area contributed by atoms with Crippen LogP contribution in [0, 0.1) is 0 Å². The molecule has 0 aliphatic rings. The highest BCUT2D eigenvalue weighted by atomic mass is 14.2. The van der Waals surface area contributed by atoms with Gasteiger partial charge in [0.25, 0.3) is 0 Å². The van der Waals surface area contributed by atoms with Crippen molar-refractivity contribution in [3.05, 3.63) is 194 Å². The molecule has 9 rings (SSSR count). The molecule has 0 heterocycles. The molecule has 0 aliphatic heterocycles. The molecule has 48 heavy (non-hydrogen) atoms. The van der Waals surface area contributed by atoms with Gasteiger partial charge in [-0.15, -0.1) is 0 Å². The Bertz CT molecular complexity index is 2530. The molecular weight excluding hydrogens is 577 g/mol. The molecule has 0 amide bonds. The third-order valence-corrected chi connectivity index (χ3v) is 9.71. The summed E-state index contributed by atoms with van der Waals surface area (Å²) in [6.45, 7) is 0. The normalized spacial score (nSPS) is 11.3. The zero-order chi connectivity index (χ0) is 31.9. The van der Waals surface area contributed by atoms with Crippen molar-refractivity contribution >= 4 is 32.3 Å². The topological polar surface area (TPSA) is 0 Å². The van der Waals surface area contributed by atoms with E-state index in [1.54, 1.807) is 0 Å². The Balaban J connectivity index is 1.30. The molecule has 0 heteroatoms. The van der Waals surface area contributed by atoms with Crippen molar-refractivity contribution in [2.75, 3.05) is 0 Å². The largest absolute Gasteiger partial charge is 0.0622 e. The predicted molar refractivity (Wildman–Crippen MR) is 206 cm³/mol. The fourth-order valence-electron chi connectivity index (χ4n) is 7.53. The number of fused-ring (bicyclic) bond motifs is 3. The Kier molecular flexibility index (Phi) is 6.91. The van der Waals surface area contributed by atoms with Gasteiger partial charge in [-0.05, 0) is 88.0 Å². The van der Waals surface area contributed by atoms with Gasteiger partial charge in [-0.2, -0.15) is 0 Å². The van der Waals surface area contributed by atoms with Gasteiger partial charge in [-0.25, -0.2) is 0 Å².